The van der Waals surface area contributed by atoms with Crippen LogP contribution in [0.15, 0.2) is 18.2 Å². The standard InChI is InChI=1S/C14H21N3O2/c1-10(18)16-11-5-7-17(8-6-11)14-9-12(19-2)3-4-13(14)15/h3-4,9,11H,5-8,15H2,1-2H3,(H,16,18). The molecule has 1 amide bonds. The number of rotatable bonds is 3. The van der Waals surface area contributed by atoms with Crippen LogP contribution in [0.2, 0.25) is 0 Å². The SMILES string of the molecule is COc1ccc(N)c(N2CCC(NC(C)=O)CC2)c1. The maximum Gasteiger partial charge on any atom is 0.217 e. The molecule has 104 valence electrons. The Morgan fingerprint density at radius 2 is 2.11 bits per heavy atom. The lowest BCUT2D eigenvalue weighted by Crippen LogP contribution is -2.44. The van der Waals surface area contributed by atoms with Crippen LogP contribution in [0.5, 0.6) is 5.75 Å². The summed E-state index contributed by atoms with van der Waals surface area (Å²) in [4.78, 5) is 13.3. The van der Waals surface area contributed by atoms with E-state index in [1.807, 2.05) is 18.2 Å². The fourth-order valence-corrected chi connectivity index (χ4v) is 2.48. The zero-order valence-electron chi connectivity index (χ0n) is 11.5. The number of nitrogens with two attached hydrogens (primary N) is 1. The predicted octanol–water partition coefficient (Wildman–Crippen LogP) is 1.38. The molecule has 0 saturated carbocycles. The Morgan fingerprint density at radius 3 is 2.68 bits per heavy atom. The van der Waals surface area contributed by atoms with Crippen molar-refractivity contribution >= 4 is 17.3 Å². The molecule has 0 unspecified atom stereocenters. The van der Waals surface area contributed by atoms with E-state index in [4.69, 9.17) is 10.5 Å². The Kier molecular flexibility index (Phi) is 4.14. The second-order valence-electron chi connectivity index (χ2n) is 4.89. The topological polar surface area (TPSA) is 67.6 Å². The first-order chi connectivity index (χ1) is 9.10. The number of benzene rings is 1. The zero-order chi connectivity index (χ0) is 13.8. The second kappa shape index (κ2) is 5.82. The first-order valence-corrected chi connectivity index (χ1v) is 6.55. The van der Waals surface area contributed by atoms with Crippen LogP contribution in [-0.2, 0) is 4.79 Å². The van der Waals surface area contributed by atoms with E-state index in [1.165, 1.54) is 0 Å². The summed E-state index contributed by atoms with van der Waals surface area (Å²) in [6.45, 7) is 3.34. The van der Waals surface area contributed by atoms with E-state index in [0.717, 1.165) is 43.1 Å². The van der Waals surface area contributed by atoms with Gasteiger partial charge in [0.15, 0.2) is 0 Å². The summed E-state index contributed by atoms with van der Waals surface area (Å²) in [6.07, 6.45) is 1.88. The van der Waals surface area contributed by atoms with Crippen molar-refractivity contribution in [3.8, 4) is 5.75 Å². The van der Waals surface area contributed by atoms with E-state index in [2.05, 4.69) is 10.2 Å². The van der Waals surface area contributed by atoms with E-state index in [1.54, 1.807) is 14.0 Å². The quantitative estimate of drug-likeness (QED) is 0.809. The highest BCUT2D eigenvalue weighted by Gasteiger charge is 2.21. The maximum absolute atomic E-state index is 11.0. The summed E-state index contributed by atoms with van der Waals surface area (Å²) in [7, 11) is 1.65. The Balaban J connectivity index is 2.03. The van der Waals surface area contributed by atoms with Gasteiger partial charge in [0.25, 0.3) is 0 Å². The van der Waals surface area contributed by atoms with Gasteiger partial charge >= 0.3 is 0 Å². The highest BCUT2D eigenvalue weighted by Crippen LogP contribution is 2.30. The van der Waals surface area contributed by atoms with E-state index >= 15 is 0 Å². The average Bonchev–Trinajstić information content (AvgIpc) is 2.40. The minimum Gasteiger partial charge on any atom is -0.497 e. The van der Waals surface area contributed by atoms with Crippen LogP contribution < -0.4 is 20.7 Å². The summed E-state index contributed by atoms with van der Waals surface area (Å²) in [5, 5.41) is 2.97. The van der Waals surface area contributed by atoms with Crippen molar-refractivity contribution < 1.29 is 9.53 Å². The van der Waals surface area contributed by atoms with Crippen molar-refractivity contribution in [2.24, 2.45) is 0 Å². The lowest BCUT2D eigenvalue weighted by atomic mass is 10.0. The largest absolute Gasteiger partial charge is 0.497 e. The lowest BCUT2D eigenvalue weighted by molar-refractivity contribution is -0.119. The molecule has 1 fully saturated rings. The third kappa shape index (κ3) is 3.30. The van der Waals surface area contributed by atoms with Gasteiger partial charge in [-0.15, -0.1) is 0 Å². The predicted molar refractivity (Wildman–Crippen MR) is 76.5 cm³/mol. The minimum absolute atomic E-state index is 0.0411. The van der Waals surface area contributed by atoms with Crippen LogP contribution in [0.4, 0.5) is 11.4 Å². The number of amides is 1. The number of nitrogens with zero attached hydrogens (tertiary/aromatic N) is 1. The number of nitrogens with one attached hydrogen (secondary N) is 1. The van der Waals surface area contributed by atoms with Gasteiger partial charge in [-0.2, -0.15) is 0 Å². The van der Waals surface area contributed by atoms with Gasteiger partial charge in [-0.1, -0.05) is 0 Å². The molecule has 19 heavy (non-hydrogen) atoms. The smallest absolute Gasteiger partial charge is 0.217 e. The summed E-state index contributed by atoms with van der Waals surface area (Å²) in [6, 6.07) is 5.98. The van der Waals surface area contributed by atoms with Crippen LogP contribution in [0, 0.1) is 0 Å². The number of hydrogen-bond acceptors (Lipinski definition) is 4. The molecule has 0 aromatic heterocycles. The van der Waals surface area contributed by atoms with Crippen molar-refractivity contribution in [2.45, 2.75) is 25.8 Å². The molecular weight excluding hydrogens is 242 g/mol. The van der Waals surface area contributed by atoms with Crippen LogP contribution in [0.3, 0.4) is 0 Å². The number of hydrogen-bond donors (Lipinski definition) is 2. The molecular formula is C14H21N3O2. The fourth-order valence-electron chi connectivity index (χ4n) is 2.48. The number of anilines is 2. The van der Waals surface area contributed by atoms with Gasteiger partial charge in [-0.3, -0.25) is 4.79 Å². The Bertz CT molecular complexity index is 454. The summed E-state index contributed by atoms with van der Waals surface area (Å²) < 4.78 is 5.24. The number of ether oxygens (including phenoxy) is 1. The molecule has 1 aliphatic rings. The van der Waals surface area contributed by atoms with Crippen LogP contribution in [-0.4, -0.2) is 32.1 Å². The molecule has 0 radical (unpaired) electrons. The van der Waals surface area contributed by atoms with E-state index in [0.29, 0.717) is 0 Å². The fraction of sp³-hybridized carbons (Fsp3) is 0.500. The average molecular weight is 263 g/mol. The van der Waals surface area contributed by atoms with Gasteiger partial charge in [0, 0.05) is 32.1 Å². The molecule has 1 saturated heterocycles. The van der Waals surface area contributed by atoms with Crippen molar-refractivity contribution in [1.29, 1.82) is 0 Å². The number of nitrogen functional groups attached to an aromatic ring is 1. The van der Waals surface area contributed by atoms with E-state index in [9.17, 15) is 4.79 Å². The molecule has 1 heterocycles. The first kappa shape index (κ1) is 13.5. The van der Waals surface area contributed by atoms with Crippen molar-refractivity contribution in [1.82, 2.24) is 5.32 Å². The number of carbonyl (C=O) groups excluding carboxylic acids is 1. The summed E-state index contributed by atoms with van der Waals surface area (Å²) in [5.74, 6) is 0.854. The van der Waals surface area contributed by atoms with Crippen molar-refractivity contribution in [3.05, 3.63) is 18.2 Å². The maximum atomic E-state index is 11.0. The molecule has 0 bridgehead atoms. The third-order valence-electron chi connectivity index (χ3n) is 3.48. The van der Waals surface area contributed by atoms with Crippen molar-refractivity contribution in [2.75, 3.05) is 30.8 Å². The van der Waals surface area contributed by atoms with Gasteiger partial charge in [-0.05, 0) is 25.0 Å². The normalized spacial score (nSPS) is 16.2. The van der Waals surface area contributed by atoms with Gasteiger partial charge in [0.1, 0.15) is 5.75 Å². The first-order valence-electron chi connectivity index (χ1n) is 6.55. The van der Waals surface area contributed by atoms with Gasteiger partial charge in [0.05, 0.1) is 18.5 Å². The Hall–Kier alpha value is -1.91. The minimum atomic E-state index is 0.0411. The third-order valence-corrected chi connectivity index (χ3v) is 3.48. The molecule has 1 aliphatic heterocycles. The molecule has 5 nitrogen and oxygen atoms in total. The highest BCUT2D eigenvalue weighted by molar-refractivity contribution is 5.73. The Labute approximate surface area is 113 Å². The molecule has 3 N–H and O–H groups in total. The van der Waals surface area contributed by atoms with Crippen LogP contribution >= 0.6 is 0 Å². The molecule has 1 aromatic carbocycles. The zero-order valence-corrected chi connectivity index (χ0v) is 11.5. The Morgan fingerprint density at radius 1 is 1.42 bits per heavy atom. The van der Waals surface area contributed by atoms with Gasteiger partial charge in [0.2, 0.25) is 5.91 Å². The van der Waals surface area contributed by atoms with Gasteiger partial charge < -0.3 is 20.7 Å². The van der Waals surface area contributed by atoms with E-state index in [-0.39, 0.29) is 11.9 Å². The molecule has 0 atom stereocenters. The number of piperidine rings is 1. The van der Waals surface area contributed by atoms with Crippen LogP contribution in [0.25, 0.3) is 0 Å². The molecule has 0 spiro atoms. The number of methoxy groups -OCH3 is 1. The molecule has 2 rings (SSSR count). The summed E-state index contributed by atoms with van der Waals surface area (Å²) >= 11 is 0. The second-order valence-corrected chi connectivity index (χ2v) is 4.89. The molecule has 0 aliphatic carbocycles. The van der Waals surface area contributed by atoms with Gasteiger partial charge in [-0.25, -0.2) is 0 Å². The number of carbonyl (C=O) groups is 1. The van der Waals surface area contributed by atoms with Crippen LogP contribution in [0.1, 0.15) is 19.8 Å². The monoisotopic (exact) mass is 263 g/mol. The molecule has 5 heteroatoms. The highest BCUT2D eigenvalue weighted by atomic mass is 16.5. The van der Waals surface area contributed by atoms with Crippen molar-refractivity contribution in [3.63, 3.8) is 0 Å². The lowest BCUT2D eigenvalue weighted by Gasteiger charge is -2.34. The molecule has 1 aromatic rings. The summed E-state index contributed by atoms with van der Waals surface area (Å²) in [5.41, 5.74) is 7.80. The van der Waals surface area contributed by atoms with E-state index < -0.39 is 0 Å².